The Balaban J connectivity index is 0. The van der Waals surface area contributed by atoms with Crippen molar-refractivity contribution in [2.45, 2.75) is 46.5 Å². The van der Waals surface area contributed by atoms with Crippen LogP contribution in [0.5, 0.6) is 17.2 Å². The highest BCUT2D eigenvalue weighted by molar-refractivity contribution is 5.76. The summed E-state index contributed by atoms with van der Waals surface area (Å²) < 4.78 is 5.30. The van der Waals surface area contributed by atoms with E-state index in [9.17, 15) is 14.4 Å². The van der Waals surface area contributed by atoms with Gasteiger partial charge in [0.2, 0.25) is 0 Å². The van der Waals surface area contributed by atoms with Gasteiger partial charge in [-0.25, -0.2) is 0 Å². The van der Waals surface area contributed by atoms with E-state index in [4.69, 9.17) is 20.1 Å². The van der Waals surface area contributed by atoms with Crippen molar-refractivity contribution < 1.29 is 35.9 Å². The number of aryl methyl sites for hydroxylation is 1. The number of hydrogen-bond acceptors (Lipinski definition) is 7. The third-order valence-corrected chi connectivity index (χ3v) is 4.39. The fourth-order valence-electron chi connectivity index (χ4n) is 2.40. The lowest BCUT2D eigenvalue weighted by Crippen LogP contribution is -2.02. The Hall–Kier alpha value is -3.97. The molecule has 0 heterocycles. The lowest BCUT2D eigenvalue weighted by Gasteiger charge is -2.02. The predicted octanol–water partition coefficient (Wildman–Crippen LogP) is 5.55. The maximum atomic E-state index is 10.6. The number of aliphatic hydroxyl groups excluding tert-OH is 1. The van der Waals surface area contributed by atoms with E-state index in [1.54, 1.807) is 50.2 Å². The van der Waals surface area contributed by atoms with Crippen LogP contribution in [0.1, 0.15) is 47.0 Å². The molecule has 0 saturated heterocycles. The lowest BCUT2D eigenvalue weighted by molar-refractivity contribution is -0.118. The highest BCUT2D eigenvalue weighted by Crippen LogP contribution is 2.11. The molecule has 3 aromatic rings. The largest absolute Gasteiger partial charge is 0.508 e. The van der Waals surface area contributed by atoms with Gasteiger partial charge in [0.25, 0.3) is 0 Å². The van der Waals surface area contributed by atoms with Gasteiger partial charge in [0.15, 0.2) is 0 Å². The molecule has 0 spiro atoms. The second-order valence-electron chi connectivity index (χ2n) is 7.99. The van der Waals surface area contributed by atoms with Crippen LogP contribution in [0.3, 0.4) is 0 Å². The van der Waals surface area contributed by atoms with Crippen LogP contribution in [-0.4, -0.2) is 45.9 Å². The molecule has 0 unspecified atom stereocenters. The zero-order valence-corrected chi connectivity index (χ0v) is 21.8. The summed E-state index contributed by atoms with van der Waals surface area (Å²) in [5, 5.41) is 25.6. The second-order valence-corrected chi connectivity index (χ2v) is 7.99. The fourth-order valence-corrected chi connectivity index (χ4v) is 2.40. The minimum atomic E-state index is -0.0185. The summed E-state index contributed by atoms with van der Waals surface area (Å²) in [6.45, 7) is 5.06. The van der Waals surface area contributed by atoms with E-state index in [0.29, 0.717) is 31.6 Å². The molecule has 7 nitrogen and oxygen atoms in total. The first kappa shape index (κ1) is 33.0. The number of phenolic OH excluding ortho intramolecular Hbond substituents is 2. The summed E-state index contributed by atoms with van der Waals surface area (Å²) in [7, 11) is 0. The van der Waals surface area contributed by atoms with Crippen molar-refractivity contribution in [2.75, 3.05) is 13.2 Å². The molecule has 37 heavy (non-hydrogen) atoms. The number of ketones is 3. The number of rotatable bonds is 9. The molecule has 0 bridgehead atoms. The number of ether oxygens (including phenoxy) is 1. The van der Waals surface area contributed by atoms with Gasteiger partial charge in [0.05, 0.1) is 6.61 Å². The number of carbonyl (C=O) groups excluding carboxylic acids is 3. The van der Waals surface area contributed by atoms with Crippen molar-refractivity contribution in [1.82, 2.24) is 0 Å². The first-order valence-corrected chi connectivity index (χ1v) is 11.9. The third-order valence-electron chi connectivity index (χ3n) is 4.39. The van der Waals surface area contributed by atoms with Crippen LogP contribution in [-0.2, 0) is 20.8 Å². The molecule has 202 valence electrons. The van der Waals surface area contributed by atoms with Gasteiger partial charge in [-0.05, 0) is 69.2 Å². The molecular weight excluding hydrogens is 472 g/mol. The van der Waals surface area contributed by atoms with Crippen molar-refractivity contribution in [2.24, 2.45) is 0 Å². The first-order valence-electron chi connectivity index (χ1n) is 11.9. The molecule has 0 aliphatic carbocycles. The molecule has 0 radical (unpaired) electrons. The highest BCUT2D eigenvalue weighted by Gasteiger charge is 1.96. The van der Waals surface area contributed by atoms with Crippen molar-refractivity contribution in [3.8, 4) is 17.2 Å². The van der Waals surface area contributed by atoms with E-state index in [1.165, 1.54) is 6.92 Å². The number of carbonyl (C=O) groups is 3. The number of hydrogen-bond donors (Lipinski definition) is 3. The van der Waals surface area contributed by atoms with Gasteiger partial charge < -0.3 is 24.9 Å². The van der Waals surface area contributed by atoms with Gasteiger partial charge in [0, 0.05) is 27.3 Å². The van der Waals surface area contributed by atoms with Crippen LogP contribution in [0.2, 0.25) is 0 Å². The smallest absolute Gasteiger partial charge is 0.133 e. The van der Waals surface area contributed by atoms with Crippen molar-refractivity contribution >= 4 is 17.3 Å². The minimum absolute atomic E-state index is 0. The summed E-state index contributed by atoms with van der Waals surface area (Å²) in [6, 6.07) is 25.1. The Morgan fingerprint density at radius 1 is 0.649 bits per heavy atom. The van der Waals surface area contributed by atoms with Crippen LogP contribution in [0, 0.1) is 0 Å². The van der Waals surface area contributed by atoms with Gasteiger partial charge in [0.1, 0.15) is 34.6 Å². The molecule has 0 saturated carbocycles. The Morgan fingerprint density at radius 3 is 1.49 bits per heavy atom. The van der Waals surface area contributed by atoms with Gasteiger partial charge in [-0.1, -0.05) is 48.5 Å². The number of para-hydroxylation sites is 2. The highest BCUT2D eigenvalue weighted by atomic mass is 16.5. The van der Waals surface area contributed by atoms with Gasteiger partial charge in [-0.15, -0.1) is 0 Å². The molecule has 3 N–H and O–H groups in total. The molecule has 0 aromatic heterocycles. The monoisotopic (exact) mass is 513 g/mol. The average Bonchev–Trinajstić information content (AvgIpc) is 2.86. The SMILES string of the molecule is CC(=O)CCO.CC(=O)CCOc1ccccc1.CC(=O)CCc1ccc(O)cc1.Oc1ccccc1.[2HH]. The molecule has 0 atom stereocenters. The lowest BCUT2D eigenvalue weighted by atomic mass is 10.1. The Bertz CT molecular complexity index is 1010. The Kier molecular flexibility index (Phi) is 19.0. The topological polar surface area (TPSA) is 121 Å². The number of benzene rings is 3. The normalized spacial score (nSPS) is 9.19. The molecule has 0 aliphatic rings. The number of Topliss-reactive ketones (excluding diaryl/α,β-unsaturated/α-hetero) is 3. The van der Waals surface area contributed by atoms with Crippen molar-refractivity contribution in [3.63, 3.8) is 0 Å². The summed E-state index contributed by atoms with van der Waals surface area (Å²) in [4.78, 5) is 31.1. The standard InChI is InChI=1S/2C10H12O2.C6H6O.C4H8O2.H2/c1-8(11)2-3-9-4-6-10(12)7-5-9;1-9(11)7-8-12-10-5-3-2-4-6-10;7-6-4-2-1-3-5-6;1-4(6)2-3-5;/h4-7,12H,2-3H2,1H3;2-6H,7-8H2,1H3;1-5,7H;5H,2-3H2,1H3;1H/i;;;;1+1. The first-order chi connectivity index (χ1) is 17.6. The van der Waals surface area contributed by atoms with E-state index in [0.717, 1.165) is 17.7 Å². The summed E-state index contributed by atoms with van der Waals surface area (Å²) in [5.74, 6) is 1.80. The maximum absolute atomic E-state index is 10.6. The Morgan fingerprint density at radius 2 is 1.11 bits per heavy atom. The maximum Gasteiger partial charge on any atom is 0.133 e. The van der Waals surface area contributed by atoms with E-state index in [1.807, 2.05) is 48.5 Å². The second kappa shape index (κ2) is 21.3. The van der Waals surface area contributed by atoms with Crippen LogP contribution in [0.15, 0.2) is 84.9 Å². The van der Waals surface area contributed by atoms with Crippen molar-refractivity contribution in [1.29, 1.82) is 0 Å². The van der Waals surface area contributed by atoms with E-state index in [-0.39, 0.29) is 31.1 Å². The third kappa shape index (κ3) is 22.3. The zero-order valence-electron chi connectivity index (χ0n) is 21.8. The molecular formula is C30H40O7. The van der Waals surface area contributed by atoms with Crippen LogP contribution in [0.4, 0.5) is 0 Å². The minimum Gasteiger partial charge on any atom is -0.508 e. The summed E-state index contributed by atoms with van der Waals surface area (Å²) in [6.07, 6.45) is 2.11. The van der Waals surface area contributed by atoms with E-state index in [2.05, 4.69) is 0 Å². The predicted molar refractivity (Wildman–Crippen MR) is 147 cm³/mol. The van der Waals surface area contributed by atoms with E-state index >= 15 is 0 Å². The van der Waals surface area contributed by atoms with E-state index < -0.39 is 0 Å². The quantitative estimate of drug-likeness (QED) is 0.343. The van der Waals surface area contributed by atoms with Crippen LogP contribution in [0.25, 0.3) is 0 Å². The van der Waals surface area contributed by atoms with Crippen LogP contribution >= 0.6 is 0 Å². The summed E-state index contributed by atoms with van der Waals surface area (Å²) in [5.41, 5.74) is 1.09. The summed E-state index contributed by atoms with van der Waals surface area (Å²) >= 11 is 0. The van der Waals surface area contributed by atoms with Gasteiger partial charge in [-0.3, -0.25) is 9.59 Å². The average molecular weight is 514 g/mol. The molecule has 0 aliphatic heterocycles. The van der Waals surface area contributed by atoms with Gasteiger partial charge in [-0.2, -0.15) is 0 Å². The fraction of sp³-hybridized carbons (Fsp3) is 0.300. The molecule has 0 fully saturated rings. The number of aliphatic hydroxyl groups is 1. The molecule has 0 amide bonds. The Labute approximate surface area is 220 Å². The molecule has 3 aromatic carbocycles. The van der Waals surface area contributed by atoms with Crippen molar-refractivity contribution in [3.05, 3.63) is 90.5 Å². The molecule has 7 heteroatoms. The number of phenols is 2. The zero-order chi connectivity index (χ0) is 27.9. The number of aromatic hydroxyl groups is 2. The van der Waals surface area contributed by atoms with Gasteiger partial charge >= 0.3 is 0 Å². The molecule has 3 rings (SSSR count). The van der Waals surface area contributed by atoms with Crippen LogP contribution < -0.4 is 4.74 Å².